The van der Waals surface area contributed by atoms with Gasteiger partial charge in [0.2, 0.25) is 0 Å². The second kappa shape index (κ2) is 9.91. The number of phenols is 1. The SMILES string of the molecule is CC(=O)C1C(=O)C(C(C)C)[C@@]2(C)C[C@@]3(C)Cc4c(C5=CC=C(CCC(C)(C)C)C5)ccc(O)c4C(=O)C3C(=O)[C@@]2(O)C1=O. The molecule has 230 valence electrons. The first kappa shape index (κ1) is 31.2. The smallest absolute Gasteiger partial charge is 0.190 e. The summed E-state index contributed by atoms with van der Waals surface area (Å²) in [7, 11) is 0. The van der Waals surface area contributed by atoms with Crippen molar-refractivity contribution in [1.29, 1.82) is 0 Å². The Morgan fingerprint density at radius 1 is 1.05 bits per heavy atom. The molecular formula is C36H44O7. The van der Waals surface area contributed by atoms with Gasteiger partial charge in [0.1, 0.15) is 17.5 Å². The summed E-state index contributed by atoms with van der Waals surface area (Å²) in [5.41, 5.74) is -1.18. The van der Waals surface area contributed by atoms with Crippen LogP contribution in [0, 0.1) is 39.9 Å². The van der Waals surface area contributed by atoms with Gasteiger partial charge in [0.05, 0.1) is 11.5 Å². The molecule has 4 aliphatic rings. The summed E-state index contributed by atoms with van der Waals surface area (Å²) in [4.78, 5) is 68.8. The Kier molecular flexibility index (Phi) is 7.20. The average molecular weight is 589 g/mol. The van der Waals surface area contributed by atoms with Crippen molar-refractivity contribution >= 4 is 34.5 Å². The third-order valence-electron chi connectivity index (χ3n) is 10.7. The Bertz CT molecular complexity index is 1530. The third-order valence-corrected chi connectivity index (χ3v) is 10.7. The van der Waals surface area contributed by atoms with Gasteiger partial charge in [-0.25, -0.2) is 0 Å². The van der Waals surface area contributed by atoms with Crippen molar-refractivity contribution in [2.45, 2.75) is 93.1 Å². The minimum Gasteiger partial charge on any atom is -0.507 e. The van der Waals surface area contributed by atoms with Crippen LogP contribution in [-0.2, 0) is 25.6 Å². The number of benzene rings is 1. The molecule has 3 unspecified atom stereocenters. The first-order valence-corrected chi connectivity index (χ1v) is 15.4. The Hall–Kier alpha value is -3.19. The zero-order valence-corrected chi connectivity index (χ0v) is 26.6. The van der Waals surface area contributed by atoms with Gasteiger partial charge in [0, 0.05) is 11.3 Å². The quantitative estimate of drug-likeness (QED) is 0.427. The van der Waals surface area contributed by atoms with Crippen LogP contribution in [0.3, 0.4) is 0 Å². The summed E-state index contributed by atoms with van der Waals surface area (Å²) in [5.74, 6) is -8.74. The second-order valence-electron chi connectivity index (χ2n) is 15.6. The van der Waals surface area contributed by atoms with Crippen molar-refractivity contribution in [3.8, 4) is 5.75 Å². The molecule has 43 heavy (non-hydrogen) atoms. The lowest BCUT2D eigenvalue weighted by Crippen LogP contribution is -2.76. The Morgan fingerprint density at radius 2 is 1.70 bits per heavy atom. The molecule has 0 aliphatic heterocycles. The lowest BCUT2D eigenvalue weighted by atomic mass is 9.40. The van der Waals surface area contributed by atoms with E-state index in [1.54, 1.807) is 20.8 Å². The van der Waals surface area contributed by atoms with Crippen LogP contribution in [0.5, 0.6) is 5.75 Å². The number of phenolic OH excluding ortho intramolecular Hbond substituents is 1. The number of aliphatic hydroxyl groups is 1. The van der Waals surface area contributed by atoms with E-state index in [9.17, 15) is 34.2 Å². The normalized spacial score (nSPS) is 34.0. The topological polar surface area (TPSA) is 126 Å². The van der Waals surface area contributed by atoms with Crippen LogP contribution < -0.4 is 0 Å². The van der Waals surface area contributed by atoms with E-state index in [0.717, 1.165) is 37.3 Å². The third kappa shape index (κ3) is 4.44. The Labute approximate surface area is 253 Å². The predicted octanol–water partition coefficient (Wildman–Crippen LogP) is 5.63. The number of rotatable bonds is 5. The minimum atomic E-state index is -2.68. The fraction of sp³-hybridized carbons (Fsp3) is 0.583. The van der Waals surface area contributed by atoms with Crippen LogP contribution in [0.2, 0.25) is 0 Å². The van der Waals surface area contributed by atoms with Crippen LogP contribution in [0.25, 0.3) is 5.57 Å². The lowest BCUT2D eigenvalue weighted by molar-refractivity contribution is -0.205. The summed E-state index contributed by atoms with van der Waals surface area (Å²) in [5, 5.41) is 23.1. The summed E-state index contributed by atoms with van der Waals surface area (Å²) >= 11 is 0. The molecule has 0 radical (unpaired) electrons. The maximum atomic E-state index is 14.4. The number of hydrogen-bond acceptors (Lipinski definition) is 7. The number of carbonyl (C=O) groups is 5. The van der Waals surface area contributed by atoms with E-state index < -0.39 is 63.1 Å². The Balaban J connectivity index is 1.61. The van der Waals surface area contributed by atoms with Crippen molar-refractivity contribution < 1.29 is 34.2 Å². The molecule has 2 N–H and O–H groups in total. The molecule has 0 saturated heterocycles. The van der Waals surface area contributed by atoms with Crippen LogP contribution in [-0.4, -0.2) is 44.7 Å². The minimum absolute atomic E-state index is 0.0479. The van der Waals surface area contributed by atoms with Crippen LogP contribution in [0.15, 0.2) is 29.9 Å². The zero-order chi connectivity index (χ0) is 32.0. The van der Waals surface area contributed by atoms with Gasteiger partial charge in [0.25, 0.3) is 0 Å². The van der Waals surface area contributed by atoms with Gasteiger partial charge in [-0.05, 0) is 78.5 Å². The highest BCUT2D eigenvalue weighted by Gasteiger charge is 2.76. The number of ketones is 5. The van der Waals surface area contributed by atoms with E-state index in [4.69, 9.17) is 0 Å². The molecule has 4 aliphatic carbocycles. The van der Waals surface area contributed by atoms with Crippen molar-refractivity contribution in [3.63, 3.8) is 0 Å². The van der Waals surface area contributed by atoms with Crippen LogP contribution in [0.4, 0.5) is 0 Å². The molecule has 6 atom stereocenters. The van der Waals surface area contributed by atoms with Gasteiger partial charge in [-0.3, -0.25) is 24.0 Å². The predicted molar refractivity (Wildman–Crippen MR) is 162 cm³/mol. The van der Waals surface area contributed by atoms with Gasteiger partial charge in [-0.1, -0.05) is 72.3 Å². The maximum Gasteiger partial charge on any atom is 0.190 e. The largest absolute Gasteiger partial charge is 0.507 e. The van der Waals surface area contributed by atoms with Crippen molar-refractivity contribution in [1.82, 2.24) is 0 Å². The van der Waals surface area contributed by atoms with Crippen molar-refractivity contribution in [2.24, 2.45) is 39.9 Å². The summed E-state index contributed by atoms with van der Waals surface area (Å²) in [6.07, 6.45) is 7.19. The Morgan fingerprint density at radius 3 is 2.28 bits per heavy atom. The van der Waals surface area contributed by atoms with E-state index in [1.807, 2.05) is 13.0 Å². The van der Waals surface area contributed by atoms with E-state index in [0.29, 0.717) is 5.56 Å². The maximum absolute atomic E-state index is 14.4. The molecule has 1 aromatic rings. The molecule has 0 aromatic heterocycles. The van der Waals surface area contributed by atoms with Crippen molar-refractivity contribution in [2.75, 3.05) is 0 Å². The second-order valence-corrected chi connectivity index (χ2v) is 15.6. The molecule has 0 amide bonds. The van der Waals surface area contributed by atoms with E-state index in [2.05, 4.69) is 32.9 Å². The fourth-order valence-electron chi connectivity index (χ4n) is 8.91. The molecule has 0 heterocycles. The molecule has 1 aromatic carbocycles. The van der Waals surface area contributed by atoms with Gasteiger partial charge in [-0.15, -0.1) is 0 Å². The summed E-state index contributed by atoms with van der Waals surface area (Å²) in [6, 6.07) is 3.29. The molecule has 5 rings (SSSR count). The molecule has 0 spiro atoms. The molecule has 2 saturated carbocycles. The van der Waals surface area contributed by atoms with E-state index >= 15 is 0 Å². The number of carbonyl (C=O) groups excluding carboxylic acids is 5. The molecular weight excluding hydrogens is 544 g/mol. The molecule has 2 fully saturated rings. The summed E-state index contributed by atoms with van der Waals surface area (Å²) in [6.45, 7) is 14.7. The highest BCUT2D eigenvalue weighted by atomic mass is 16.3. The molecule has 0 bridgehead atoms. The van der Waals surface area contributed by atoms with Gasteiger partial charge >= 0.3 is 0 Å². The number of fused-ring (bicyclic) bond motifs is 3. The lowest BCUT2D eigenvalue weighted by Gasteiger charge is -2.61. The first-order valence-electron chi connectivity index (χ1n) is 15.4. The highest BCUT2D eigenvalue weighted by molar-refractivity contribution is 6.32. The summed E-state index contributed by atoms with van der Waals surface area (Å²) < 4.78 is 0. The standard InChI is InChI=1S/C36H44O7/c1-18(2)27-29(39)25(19(3)37)31(41)36(43)32(42)28-30(40)26-23(16-34(28,7)17-35(27,36)8)22(11-12-24(26)38)21-10-9-20(15-21)13-14-33(4,5)6/h9-12,18,25,27-28,38,43H,13-17H2,1-8H3/t25?,27?,28?,34-,35-,36+/m1/s1. The highest BCUT2D eigenvalue weighted by Crippen LogP contribution is 2.64. The van der Waals surface area contributed by atoms with Crippen molar-refractivity contribution in [3.05, 3.63) is 46.5 Å². The molecule has 7 heteroatoms. The number of aromatic hydroxyl groups is 1. The number of allylic oxidation sites excluding steroid dienone is 4. The van der Waals surface area contributed by atoms with Gasteiger partial charge in [-0.2, -0.15) is 0 Å². The number of hydrogen-bond donors (Lipinski definition) is 2. The average Bonchev–Trinajstić information content (AvgIpc) is 3.33. The van der Waals surface area contributed by atoms with E-state index in [-0.39, 0.29) is 35.5 Å². The van der Waals surface area contributed by atoms with Gasteiger partial charge in [0.15, 0.2) is 28.7 Å². The molecule has 7 nitrogen and oxygen atoms in total. The van der Waals surface area contributed by atoms with Crippen LogP contribution in [0.1, 0.15) is 103 Å². The number of Topliss-reactive ketones (excluding diaryl/α,β-unsaturated/α-hetero) is 5. The monoisotopic (exact) mass is 588 g/mol. The first-order chi connectivity index (χ1) is 19.8. The zero-order valence-electron chi connectivity index (χ0n) is 26.6. The fourth-order valence-corrected chi connectivity index (χ4v) is 8.91. The van der Waals surface area contributed by atoms with E-state index in [1.165, 1.54) is 11.6 Å². The van der Waals surface area contributed by atoms with Crippen LogP contribution >= 0.6 is 0 Å². The van der Waals surface area contributed by atoms with Gasteiger partial charge < -0.3 is 10.2 Å².